The van der Waals surface area contributed by atoms with Crippen molar-refractivity contribution in [1.82, 2.24) is 20.2 Å². The van der Waals surface area contributed by atoms with E-state index < -0.39 is 0 Å². The third kappa shape index (κ3) is 4.35. The summed E-state index contributed by atoms with van der Waals surface area (Å²) in [6, 6.07) is 5.90. The maximum absolute atomic E-state index is 13.0. The molecule has 2 aromatic rings. The highest BCUT2D eigenvalue weighted by molar-refractivity contribution is 5.94. The highest BCUT2D eigenvalue weighted by Gasteiger charge is 2.36. The summed E-state index contributed by atoms with van der Waals surface area (Å²) in [6.07, 6.45) is 7.56. The van der Waals surface area contributed by atoms with E-state index in [1.165, 1.54) is 12.1 Å². The number of rotatable bonds is 5. The van der Waals surface area contributed by atoms with E-state index in [2.05, 4.69) is 15.3 Å². The Kier molecular flexibility index (Phi) is 6.06. The maximum Gasteiger partial charge on any atom is 0.254 e. The summed E-state index contributed by atoms with van der Waals surface area (Å²) in [5.74, 6) is 0.429. The quantitative estimate of drug-likeness (QED) is 0.815. The number of likely N-dealkylation sites (tertiary alicyclic amines) is 1. The summed E-state index contributed by atoms with van der Waals surface area (Å²) in [6.45, 7) is 2.84. The molecule has 2 amide bonds. The van der Waals surface area contributed by atoms with Gasteiger partial charge in [-0.1, -0.05) is 18.6 Å². The van der Waals surface area contributed by atoms with Gasteiger partial charge in [0.2, 0.25) is 5.91 Å². The van der Waals surface area contributed by atoms with E-state index in [0.29, 0.717) is 23.6 Å². The normalized spacial score (nSPS) is 19.3. The number of carbonyl (C=O) groups excluding carboxylic acids is 2. The van der Waals surface area contributed by atoms with Crippen LogP contribution < -0.4 is 5.32 Å². The summed E-state index contributed by atoms with van der Waals surface area (Å²) < 4.78 is 13.0. The minimum atomic E-state index is -0.308. The molecule has 7 heteroatoms. The van der Waals surface area contributed by atoms with Gasteiger partial charge in [-0.3, -0.25) is 9.59 Å². The van der Waals surface area contributed by atoms with E-state index in [1.807, 2.05) is 4.90 Å². The van der Waals surface area contributed by atoms with Crippen LogP contribution in [0.3, 0.4) is 0 Å². The Hall–Kier alpha value is -2.83. The molecule has 158 valence electrons. The number of nitrogens with one attached hydrogen (secondary N) is 1. The zero-order valence-electron chi connectivity index (χ0n) is 17.2. The smallest absolute Gasteiger partial charge is 0.254 e. The zero-order chi connectivity index (χ0) is 21.1. The van der Waals surface area contributed by atoms with E-state index in [9.17, 15) is 14.0 Å². The average Bonchev–Trinajstić information content (AvgIpc) is 2.71. The Morgan fingerprint density at radius 1 is 1.13 bits per heavy atom. The Balaban J connectivity index is 1.45. The number of nitrogens with zero attached hydrogens (tertiary/aromatic N) is 3. The van der Waals surface area contributed by atoms with Gasteiger partial charge in [0.05, 0.1) is 17.3 Å². The Morgan fingerprint density at radius 3 is 2.57 bits per heavy atom. The Labute approximate surface area is 175 Å². The van der Waals surface area contributed by atoms with Crippen LogP contribution in [0, 0.1) is 18.7 Å². The van der Waals surface area contributed by atoms with Gasteiger partial charge < -0.3 is 10.2 Å². The van der Waals surface area contributed by atoms with Crippen molar-refractivity contribution < 1.29 is 14.0 Å². The first-order chi connectivity index (χ1) is 14.5. The van der Waals surface area contributed by atoms with Crippen LogP contribution >= 0.6 is 0 Å². The number of halogens is 1. The Morgan fingerprint density at radius 2 is 1.90 bits per heavy atom. The fraction of sp³-hybridized carbons (Fsp3) is 0.478. The highest BCUT2D eigenvalue weighted by atomic mass is 19.1. The Bertz CT molecular complexity index is 927. The fourth-order valence-electron chi connectivity index (χ4n) is 4.10. The monoisotopic (exact) mass is 410 g/mol. The molecule has 0 unspecified atom stereocenters. The van der Waals surface area contributed by atoms with Crippen LogP contribution in [0.2, 0.25) is 0 Å². The van der Waals surface area contributed by atoms with Crippen LogP contribution in [0.15, 0.2) is 30.5 Å². The molecule has 2 heterocycles. The van der Waals surface area contributed by atoms with Gasteiger partial charge in [-0.25, -0.2) is 14.4 Å². The number of piperidine rings is 1. The number of aromatic nitrogens is 2. The molecule has 1 aromatic carbocycles. The standard InChI is InChI=1S/C23H27FN4O2/c1-15-19(22(29)26-13-16-8-10-18(24)11-9-16)14-25-21(27-15)20-7-2-3-12-28(20)23(30)17-5-4-6-17/h8-11,14,17,20H,2-7,12-13H2,1H3,(H,26,29)/t20-/m1/s1. The molecule has 0 spiro atoms. The molecule has 2 aliphatic rings. The molecule has 1 aliphatic heterocycles. The number of benzene rings is 1. The molecule has 1 N–H and O–H groups in total. The summed E-state index contributed by atoms with van der Waals surface area (Å²) in [4.78, 5) is 36.5. The van der Waals surface area contributed by atoms with Crippen molar-refractivity contribution in [3.63, 3.8) is 0 Å². The molecular formula is C23H27FN4O2. The lowest BCUT2D eigenvalue weighted by molar-refractivity contribution is -0.142. The summed E-state index contributed by atoms with van der Waals surface area (Å²) in [5, 5.41) is 2.83. The van der Waals surface area contributed by atoms with Crippen LogP contribution in [0.5, 0.6) is 0 Å². The van der Waals surface area contributed by atoms with E-state index >= 15 is 0 Å². The molecule has 1 saturated heterocycles. The van der Waals surface area contributed by atoms with Crippen molar-refractivity contribution >= 4 is 11.8 Å². The summed E-state index contributed by atoms with van der Waals surface area (Å²) in [7, 11) is 0. The summed E-state index contributed by atoms with van der Waals surface area (Å²) in [5.41, 5.74) is 1.82. The van der Waals surface area contributed by atoms with E-state index in [0.717, 1.165) is 50.6 Å². The third-order valence-corrected chi connectivity index (χ3v) is 6.15. The molecule has 0 radical (unpaired) electrons. The number of aryl methyl sites for hydroxylation is 1. The molecule has 4 rings (SSSR count). The fourth-order valence-corrected chi connectivity index (χ4v) is 4.10. The van der Waals surface area contributed by atoms with Crippen molar-refractivity contribution in [2.24, 2.45) is 5.92 Å². The largest absolute Gasteiger partial charge is 0.348 e. The zero-order valence-corrected chi connectivity index (χ0v) is 17.2. The second-order valence-corrected chi connectivity index (χ2v) is 8.21. The van der Waals surface area contributed by atoms with Gasteiger partial charge >= 0.3 is 0 Å². The number of carbonyl (C=O) groups is 2. The van der Waals surface area contributed by atoms with Gasteiger partial charge in [0, 0.05) is 25.2 Å². The topological polar surface area (TPSA) is 75.2 Å². The van der Waals surface area contributed by atoms with Crippen LogP contribution in [-0.4, -0.2) is 33.2 Å². The molecular weight excluding hydrogens is 383 g/mol. The molecule has 6 nitrogen and oxygen atoms in total. The minimum Gasteiger partial charge on any atom is -0.348 e. The van der Waals surface area contributed by atoms with E-state index in [1.54, 1.807) is 25.3 Å². The SMILES string of the molecule is Cc1nc([C@H]2CCCCN2C(=O)C2CCC2)ncc1C(=O)NCc1ccc(F)cc1. The van der Waals surface area contributed by atoms with Crippen molar-refractivity contribution in [1.29, 1.82) is 0 Å². The number of hydrogen-bond acceptors (Lipinski definition) is 4. The van der Waals surface area contributed by atoms with Crippen molar-refractivity contribution in [3.05, 3.63) is 58.9 Å². The minimum absolute atomic E-state index is 0.109. The first-order valence-corrected chi connectivity index (χ1v) is 10.7. The predicted octanol–water partition coefficient (Wildman–Crippen LogP) is 3.71. The molecule has 30 heavy (non-hydrogen) atoms. The number of amides is 2. The summed E-state index contributed by atoms with van der Waals surface area (Å²) >= 11 is 0. The number of hydrogen-bond donors (Lipinski definition) is 1. The lowest BCUT2D eigenvalue weighted by atomic mass is 9.83. The van der Waals surface area contributed by atoms with Crippen LogP contribution in [-0.2, 0) is 11.3 Å². The molecule has 1 saturated carbocycles. The molecule has 1 atom stereocenters. The first kappa shape index (κ1) is 20.4. The second kappa shape index (κ2) is 8.90. The van der Waals surface area contributed by atoms with Gasteiger partial charge in [-0.2, -0.15) is 0 Å². The van der Waals surface area contributed by atoms with Gasteiger partial charge in [0.25, 0.3) is 5.91 Å². The second-order valence-electron chi connectivity index (χ2n) is 8.21. The van der Waals surface area contributed by atoms with E-state index in [4.69, 9.17) is 0 Å². The predicted molar refractivity (Wildman–Crippen MR) is 110 cm³/mol. The molecule has 0 bridgehead atoms. The van der Waals surface area contributed by atoms with Crippen molar-refractivity contribution in [2.45, 2.75) is 58.0 Å². The molecule has 2 fully saturated rings. The molecule has 1 aromatic heterocycles. The van der Waals surface area contributed by atoms with Crippen LogP contribution in [0.4, 0.5) is 4.39 Å². The molecule has 1 aliphatic carbocycles. The maximum atomic E-state index is 13.0. The van der Waals surface area contributed by atoms with Gasteiger partial charge in [0.15, 0.2) is 5.82 Å². The highest BCUT2D eigenvalue weighted by Crippen LogP contribution is 2.35. The van der Waals surface area contributed by atoms with Crippen molar-refractivity contribution in [3.8, 4) is 0 Å². The third-order valence-electron chi connectivity index (χ3n) is 6.15. The van der Waals surface area contributed by atoms with Gasteiger partial charge in [-0.05, 0) is 56.7 Å². The van der Waals surface area contributed by atoms with Gasteiger partial charge in [0.1, 0.15) is 5.82 Å². The van der Waals surface area contributed by atoms with Crippen LogP contribution in [0.25, 0.3) is 0 Å². The van der Waals surface area contributed by atoms with E-state index in [-0.39, 0.29) is 29.6 Å². The lowest BCUT2D eigenvalue weighted by Gasteiger charge is -2.39. The van der Waals surface area contributed by atoms with Crippen LogP contribution in [0.1, 0.15) is 72.0 Å². The van der Waals surface area contributed by atoms with Crippen molar-refractivity contribution in [2.75, 3.05) is 6.54 Å². The average molecular weight is 410 g/mol. The first-order valence-electron chi connectivity index (χ1n) is 10.7. The lowest BCUT2D eigenvalue weighted by Crippen LogP contribution is -2.44. The van der Waals surface area contributed by atoms with Gasteiger partial charge in [-0.15, -0.1) is 0 Å².